The lowest BCUT2D eigenvalue weighted by atomic mass is 9.82. The summed E-state index contributed by atoms with van der Waals surface area (Å²) in [6.45, 7) is 4.33. The molecule has 1 aliphatic rings. The minimum atomic E-state index is 0.141. The first-order valence-electron chi connectivity index (χ1n) is 4.67. The molecule has 0 aromatic carbocycles. The zero-order valence-corrected chi connectivity index (χ0v) is 8.91. The van der Waals surface area contributed by atoms with Crippen LogP contribution in [-0.2, 0) is 10.2 Å². The van der Waals surface area contributed by atoms with Crippen LogP contribution >= 0.6 is 11.3 Å². The number of hydrogen-bond acceptors (Lipinski definition) is 2. The largest absolute Gasteiger partial charge is 0.300 e. The Morgan fingerprint density at radius 2 is 2.31 bits per heavy atom. The Balaban J connectivity index is 2.30. The minimum Gasteiger partial charge on any atom is -0.300 e. The van der Waals surface area contributed by atoms with Crippen LogP contribution in [0.15, 0.2) is 11.4 Å². The van der Waals surface area contributed by atoms with E-state index in [1.807, 2.05) is 0 Å². The molecule has 0 radical (unpaired) electrons. The van der Waals surface area contributed by atoms with Gasteiger partial charge in [0.2, 0.25) is 0 Å². The molecule has 1 aliphatic carbocycles. The number of Topliss-reactive ketones (excluding diaryl/α,β-unsaturated/α-hetero) is 1. The third kappa shape index (κ3) is 1.55. The van der Waals surface area contributed by atoms with Gasteiger partial charge in [0.15, 0.2) is 0 Å². The maximum atomic E-state index is 11.2. The first kappa shape index (κ1) is 8.95. The van der Waals surface area contributed by atoms with Crippen molar-refractivity contribution < 1.29 is 4.79 Å². The van der Waals surface area contributed by atoms with Crippen molar-refractivity contribution in [2.45, 2.75) is 38.5 Å². The van der Waals surface area contributed by atoms with E-state index in [0.717, 1.165) is 19.3 Å². The number of hydrogen-bond donors (Lipinski definition) is 0. The highest BCUT2D eigenvalue weighted by molar-refractivity contribution is 7.10. The van der Waals surface area contributed by atoms with Crippen molar-refractivity contribution in [3.63, 3.8) is 0 Å². The topological polar surface area (TPSA) is 17.1 Å². The Labute approximate surface area is 82.8 Å². The van der Waals surface area contributed by atoms with E-state index in [4.69, 9.17) is 0 Å². The second kappa shape index (κ2) is 2.95. The van der Waals surface area contributed by atoms with Crippen LogP contribution in [0.2, 0.25) is 0 Å². The summed E-state index contributed by atoms with van der Waals surface area (Å²) < 4.78 is 0. The summed E-state index contributed by atoms with van der Waals surface area (Å²) in [6, 6.07) is 2.23. The fraction of sp³-hybridized carbons (Fsp3) is 0.545. The van der Waals surface area contributed by atoms with Crippen LogP contribution in [0.1, 0.15) is 36.6 Å². The molecular weight excluding hydrogens is 180 g/mol. The fourth-order valence-corrected chi connectivity index (χ4v) is 2.89. The van der Waals surface area contributed by atoms with Gasteiger partial charge in [-0.25, -0.2) is 0 Å². The zero-order valence-electron chi connectivity index (χ0n) is 8.09. The Bertz CT molecular complexity index is 340. The molecule has 2 heteroatoms. The van der Waals surface area contributed by atoms with Crippen molar-refractivity contribution in [2.75, 3.05) is 0 Å². The minimum absolute atomic E-state index is 0.141. The molecule has 1 nitrogen and oxygen atoms in total. The van der Waals surface area contributed by atoms with Gasteiger partial charge in [0, 0.05) is 23.1 Å². The van der Waals surface area contributed by atoms with E-state index in [9.17, 15) is 4.79 Å². The normalized spacial score (nSPS) is 28.3. The quantitative estimate of drug-likeness (QED) is 0.671. The van der Waals surface area contributed by atoms with Crippen molar-refractivity contribution in [3.05, 3.63) is 21.9 Å². The SMILES string of the molecule is Cc1cc(C2(C)CCC(=O)C2)cs1. The van der Waals surface area contributed by atoms with E-state index in [2.05, 4.69) is 25.3 Å². The molecule has 0 aliphatic heterocycles. The summed E-state index contributed by atoms with van der Waals surface area (Å²) in [5.74, 6) is 0.423. The first-order chi connectivity index (χ1) is 6.10. The van der Waals surface area contributed by atoms with Crippen molar-refractivity contribution in [2.24, 2.45) is 0 Å². The van der Waals surface area contributed by atoms with Gasteiger partial charge >= 0.3 is 0 Å². The first-order valence-corrected chi connectivity index (χ1v) is 5.55. The van der Waals surface area contributed by atoms with E-state index >= 15 is 0 Å². The Hall–Kier alpha value is -0.630. The van der Waals surface area contributed by atoms with Crippen LogP contribution < -0.4 is 0 Å². The number of rotatable bonds is 1. The summed E-state index contributed by atoms with van der Waals surface area (Å²) in [5.41, 5.74) is 1.50. The summed E-state index contributed by atoms with van der Waals surface area (Å²) in [5, 5.41) is 2.20. The van der Waals surface area contributed by atoms with Crippen LogP contribution in [0.5, 0.6) is 0 Å². The van der Waals surface area contributed by atoms with Gasteiger partial charge in [0.05, 0.1) is 0 Å². The van der Waals surface area contributed by atoms with Crippen LogP contribution in [0.25, 0.3) is 0 Å². The monoisotopic (exact) mass is 194 g/mol. The smallest absolute Gasteiger partial charge is 0.133 e. The van der Waals surface area contributed by atoms with Gasteiger partial charge in [-0.1, -0.05) is 6.92 Å². The third-order valence-corrected chi connectivity index (χ3v) is 3.83. The van der Waals surface area contributed by atoms with E-state index < -0.39 is 0 Å². The standard InChI is InChI=1S/C11H14OS/c1-8-5-9(7-13-8)11(2)4-3-10(12)6-11/h5,7H,3-4,6H2,1-2H3. The van der Waals surface area contributed by atoms with Crippen LogP contribution in [0.3, 0.4) is 0 Å². The average molecular weight is 194 g/mol. The van der Waals surface area contributed by atoms with Gasteiger partial charge < -0.3 is 0 Å². The number of carbonyl (C=O) groups excluding carboxylic acids is 1. The summed E-state index contributed by atoms with van der Waals surface area (Å²) in [4.78, 5) is 12.6. The molecule has 0 bridgehead atoms. The van der Waals surface area contributed by atoms with Crippen LogP contribution in [0.4, 0.5) is 0 Å². The molecular formula is C11H14OS. The molecule has 13 heavy (non-hydrogen) atoms. The molecule has 0 saturated heterocycles. The van der Waals surface area contributed by atoms with Gasteiger partial charge in [-0.2, -0.15) is 0 Å². The number of carbonyl (C=O) groups is 1. The highest BCUT2D eigenvalue weighted by Crippen LogP contribution is 2.40. The highest BCUT2D eigenvalue weighted by Gasteiger charge is 2.35. The average Bonchev–Trinajstić information content (AvgIpc) is 2.60. The molecule has 1 fully saturated rings. The Morgan fingerprint density at radius 1 is 1.54 bits per heavy atom. The predicted molar refractivity (Wildman–Crippen MR) is 55.3 cm³/mol. The summed E-state index contributed by atoms with van der Waals surface area (Å²) >= 11 is 1.78. The lowest BCUT2D eigenvalue weighted by Gasteiger charge is -2.20. The van der Waals surface area contributed by atoms with Crippen LogP contribution in [-0.4, -0.2) is 5.78 Å². The lowest BCUT2D eigenvalue weighted by Crippen LogP contribution is -2.16. The Kier molecular flexibility index (Phi) is 2.03. The molecule has 1 aromatic rings. The van der Waals surface area contributed by atoms with E-state index in [1.165, 1.54) is 10.4 Å². The van der Waals surface area contributed by atoms with Crippen LogP contribution in [0, 0.1) is 6.92 Å². The fourth-order valence-electron chi connectivity index (χ4n) is 2.03. The van der Waals surface area contributed by atoms with E-state index in [0.29, 0.717) is 5.78 Å². The summed E-state index contributed by atoms with van der Waals surface area (Å²) in [6.07, 6.45) is 2.54. The van der Waals surface area contributed by atoms with Gasteiger partial charge in [0.25, 0.3) is 0 Å². The third-order valence-electron chi connectivity index (χ3n) is 2.97. The molecule has 1 unspecified atom stereocenters. The zero-order chi connectivity index (χ0) is 9.47. The van der Waals surface area contributed by atoms with E-state index in [-0.39, 0.29) is 5.41 Å². The number of aryl methyl sites for hydroxylation is 1. The van der Waals surface area contributed by atoms with Crippen molar-refractivity contribution >= 4 is 17.1 Å². The van der Waals surface area contributed by atoms with E-state index in [1.54, 1.807) is 11.3 Å². The predicted octanol–water partition coefficient (Wildman–Crippen LogP) is 3.07. The molecule has 0 spiro atoms. The second-order valence-corrected chi connectivity index (χ2v) is 5.34. The maximum absolute atomic E-state index is 11.2. The van der Waals surface area contributed by atoms with Crippen molar-refractivity contribution in [1.82, 2.24) is 0 Å². The molecule has 1 saturated carbocycles. The molecule has 1 heterocycles. The molecule has 2 rings (SSSR count). The van der Waals surface area contributed by atoms with Crippen molar-refractivity contribution in [1.29, 1.82) is 0 Å². The maximum Gasteiger partial charge on any atom is 0.133 e. The number of ketones is 1. The summed E-state index contributed by atoms with van der Waals surface area (Å²) in [7, 11) is 0. The van der Waals surface area contributed by atoms with Gasteiger partial charge in [-0.05, 0) is 30.4 Å². The molecule has 1 aromatic heterocycles. The molecule has 70 valence electrons. The van der Waals surface area contributed by atoms with Gasteiger partial charge in [-0.3, -0.25) is 4.79 Å². The lowest BCUT2D eigenvalue weighted by molar-refractivity contribution is -0.117. The van der Waals surface area contributed by atoms with Gasteiger partial charge in [0.1, 0.15) is 5.78 Å². The molecule has 0 N–H and O–H groups in total. The molecule has 0 amide bonds. The highest BCUT2D eigenvalue weighted by atomic mass is 32.1. The number of thiophene rings is 1. The Morgan fingerprint density at radius 3 is 2.77 bits per heavy atom. The molecule has 1 atom stereocenters. The van der Waals surface area contributed by atoms with Gasteiger partial charge in [-0.15, -0.1) is 11.3 Å². The van der Waals surface area contributed by atoms with Crippen molar-refractivity contribution in [3.8, 4) is 0 Å². The second-order valence-electron chi connectivity index (χ2n) is 4.22.